The number of carbonyl (C=O) groups is 1. The second kappa shape index (κ2) is 5.04. The Balaban J connectivity index is 2.34. The van der Waals surface area contributed by atoms with E-state index in [9.17, 15) is 15.0 Å². The third-order valence-electron chi connectivity index (χ3n) is 3.67. The molecule has 1 N–H and O–H groups in total. The molecule has 1 atom stereocenters. The van der Waals surface area contributed by atoms with Gasteiger partial charge in [0.05, 0.1) is 5.97 Å². The second-order valence-corrected chi connectivity index (χ2v) is 4.89. The van der Waals surface area contributed by atoms with Gasteiger partial charge in [0.1, 0.15) is 0 Å². The summed E-state index contributed by atoms with van der Waals surface area (Å²) in [6, 6.07) is 20.9. The van der Waals surface area contributed by atoms with Crippen LogP contribution in [0.25, 0.3) is 10.8 Å². The van der Waals surface area contributed by atoms with E-state index in [1.54, 1.807) is 48.5 Å². The number of carbonyl (C=O) groups excluding carboxylic acids is 1. The number of fused-ring (bicyclic) bond motifs is 1. The van der Waals surface area contributed by atoms with Gasteiger partial charge in [0.25, 0.3) is 0 Å². The number of aliphatic hydroxyl groups is 1. The quantitative estimate of drug-likeness (QED) is 0.794. The largest absolute Gasteiger partial charge is 0.546 e. The van der Waals surface area contributed by atoms with Gasteiger partial charge in [0.15, 0.2) is 5.60 Å². The summed E-state index contributed by atoms with van der Waals surface area (Å²) in [6.45, 7) is 0. The zero-order chi connectivity index (χ0) is 14.9. The Labute approximate surface area is 122 Å². The van der Waals surface area contributed by atoms with Crippen molar-refractivity contribution in [1.82, 2.24) is 0 Å². The Bertz CT molecular complexity index is 790. The van der Waals surface area contributed by atoms with Crippen LogP contribution in [0.4, 0.5) is 0 Å². The number of carboxylic acids is 1. The van der Waals surface area contributed by atoms with E-state index < -0.39 is 11.6 Å². The van der Waals surface area contributed by atoms with Gasteiger partial charge in [-0.15, -0.1) is 0 Å². The van der Waals surface area contributed by atoms with Crippen molar-refractivity contribution in [1.29, 1.82) is 0 Å². The Kier molecular flexibility index (Phi) is 3.20. The summed E-state index contributed by atoms with van der Waals surface area (Å²) >= 11 is 0. The minimum Gasteiger partial charge on any atom is -0.546 e. The molecule has 0 aliphatic carbocycles. The molecule has 0 bridgehead atoms. The van der Waals surface area contributed by atoms with Gasteiger partial charge in [-0.1, -0.05) is 72.8 Å². The van der Waals surface area contributed by atoms with E-state index in [0.717, 1.165) is 5.39 Å². The standard InChI is InChI=1S/C18H14O3/c19-17(20)18(21,14-9-2-1-3-10-14)16-12-6-8-13-7-4-5-11-15(13)16/h1-12,21H,(H,19,20)/p-1. The Morgan fingerprint density at radius 1 is 0.857 bits per heavy atom. The van der Waals surface area contributed by atoms with Gasteiger partial charge in [0, 0.05) is 5.56 Å². The van der Waals surface area contributed by atoms with Crippen LogP contribution >= 0.6 is 0 Å². The average molecular weight is 277 g/mol. The lowest BCUT2D eigenvalue weighted by atomic mass is 9.83. The topological polar surface area (TPSA) is 60.4 Å². The van der Waals surface area contributed by atoms with Gasteiger partial charge in [-0.25, -0.2) is 0 Å². The van der Waals surface area contributed by atoms with E-state index in [1.165, 1.54) is 0 Å². The van der Waals surface area contributed by atoms with Gasteiger partial charge in [-0.05, 0) is 16.3 Å². The number of carboxylic acid groups (broad SMARTS) is 1. The predicted octanol–water partition coefficient (Wildman–Crippen LogP) is 1.83. The molecule has 0 saturated heterocycles. The van der Waals surface area contributed by atoms with Crippen molar-refractivity contribution >= 4 is 16.7 Å². The summed E-state index contributed by atoms with van der Waals surface area (Å²) in [5.41, 5.74) is -1.59. The van der Waals surface area contributed by atoms with Crippen molar-refractivity contribution < 1.29 is 15.0 Å². The van der Waals surface area contributed by atoms with E-state index >= 15 is 0 Å². The van der Waals surface area contributed by atoms with Crippen LogP contribution in [0.15, 0.2) is 72.8 Å². The molecule has 0 heterocycles. The lowest BCUT2D eigenvalue weighted by molar-refractivity contribution is -0.322. The van der Waals surface area contributed by atoms with Crippen LogP contribution in [-0.2, 0) is 10.4 Å². The Hall–Kier alpha value is -2.65. The van der Waals surface area contributed by atoms with Crippen LogP contribution in [0.2, 0.25) is 0 Å². The van der Waals surface area contributed by atoms with E-state index in [2.05, 4.69) is 0 Å². The van der Waals surface area contributed by atoms with Crippen molar-refractivity contribution in [2.24, 2.45) is 0 Å². The monoisotopic (exact) mass is 277 g/mol. The molecule has 0 aromatic heterocycles. The number of rotatable bonds is 3. The van der Waals surface area contributed by atoms with Crippen molar-refractivity contribution in [2.45, 2.75) is 5.60 Å². The lowest BCUT2D eigenvalue weighted by Crippen LogP contribution is -2.46. The molecule has 104 valence electrons. The number of benzene rings is 3. The van der Waals surface area contributed by atoms with E-state index in [0.29, 0.717) is 10.9 Å². The fraction of sp³-hybridized carbons (Fsp3) is 0.0556. The normalized spacial score (nSPS) is 13.8. The molecule has 21 heavy (non-hydrogen) atoms. The first kappa shape index (κ1) is 13.3. The highest BCUT2D eigenvalue weighted by molar-refractivity contribution is 5.93. The SMILES string of the molecule is O=C([O-])C(O)(c1ccccc1)c1cccc2ccccc12. The van der Waals surface area contributed by atoms with Gasteiger partial charge in [0.2, 0.25) is 0 Å². The fourth-order valence-electron chi connectivity index (χ4n) is 2.60. The summed E-state index contributed by atoms with van der Waals surface area (Å²) in [6.07, 6.45) is 0. The van der Waals surface area contributed by atoms with Gasteiger partial charge in [-0.2, -0.15) is 0 Å². The molecule has 0 radical (unpaired) electrons. The zero-order valence-corrected chi connectivity index (χ0v) is 11.2. The smallest absolute Gasteiger partial charge is 0.155 e. The maximum absolute atomic E-state index is 11.7. The summed E-state index contributed by atoms with van der Waals surface area (Å²) in [5.74, 6) is -1.54. The maximum Gasteiger partial charge on any atom is 0.155 e. The molecule has 0 saturated carbocycles. The first-order chi connectivity index (χ1) is 10.1. The predicted molar refractivity (Wildman–Crippen MR) is 78.4 cm³/mol. The molecular weight excluding hydrogens is 264 g/mol. The molecule has 3 nitrogen and oxygen atoms in total. The molecule has 0 fully saturated rings. The highest BCUT2D eigenvalue weighted by Crippen LogP contribution is 2.34. The van der Waals surface area contributed by atoms with Gasteiger partial charge in [-0.3, -0.25) is 0 Å². The van der Waals surface area contributed by atoms with Crippen molar-refractivity contribution in [3.8, 4) is 0 Å². The van der Waals surface area contributed by atoms with Crippen LogP contribution in [0, 0.1) is 0 Å². The third kappa shape index (κ3) is 2.08. The van der Waals surface area contributed by atoms with Crippen molar-refractivity contribution in [3.63, 3.8) is 0 Å². The van der Waals surface area contributed by atoms with Crippen LogP contribution in [0.3, 0.4) is 0 Å². The number of hydrogen-bond donors (Lipinski definition) is 1. The van der Waals surface area contributed by atoms with Crippen LogP contribution in [0.5, 0.6) is 0 Å². The first-order valence-electron chi connectivity index (χ1n) is 6.61. The Morgan fingerprint density at radius 2 is 1.48 bits per heavy atom. The summed E-state index contributed by atoms with van der Waals surface area (Å²) in [5, 5.41) is 24.1. The van der Waals surface area contributed by atoms with E-state index in [4.69, 9.17) is 0 Å². The minimum absolute atomic E-state index is 0.279. The van der Waals surface area contributed by atoms with E-state index in [-0.39, 0.29) is 5.56 Å². The van der Waals surface area contributed by atoms with Crippen LogP contribution < -0.4 is 5.11 Å². The molecule has 3 heteroatoms. The van der Waals surface area contributed by atoms with Crippen molar-refractivity contribution in [3.05, 3.63) is 83.9 Å². The highest BCUT2D eigenvalue weighted by atomic mass is 16.4. The van der Waals surface area contributed by atoms with Crippen LogP contribution in [0.1, 0.15) is 11.1 Å². The molecule has 0 aliphatic heterocycles. The maximum atomic E-state index is 11.7. The second-order valence-electron chi connectivity index (χ2n) is 4.89. The molecule has 0 aliphatic rings. The number of aliphatic carboxylic acids is 1. The highest BCUT2D eigenvalue weighted by Gasteiger charge is 2.34. The molecule has 0 spiro atoms. The third-order valence-corrected chi connectivity index (χ3v) is 3.67. The molecule has 3 rings (SSSR count). The van der Waals surface area contributed by atoms with Crippen LogP contribution in [-0.4, -0.2) is 11.1 Å². The Morgan fingerprint density at radius 3 is 2.19 bits per heavy atom. The molecule has 0 amide bonds. The molecule has 3 aromatic carbocycles. The molecular formula is C18H13O3-. The van der Waals surface area contributed by atoms with E-state index in [1.807, 2.05) is 24.3 Å². The molecule has 1 unspecified atom stereocenters. The fourth-order valence-corrected chi connectivity index (χ4v) is 2.60. The van der Waals surface area contributed by atoms with Gasteiger partial charge >= 0.3 is 0 Å². The van der Waals surface area contributed by atoms with Crippen molar-refractivity contribution in [2.75, 3.05) is 0 Å². The lowest BCUT2D eigenvalue weighted by Gasteiger charge is -2.31. The summed E-state index contributed by atoms with van der Waals surface area (Å²) < 4.78 is 0. The molecule has 3 aromatic rings. The summed E-state index contributed by atoms with van der Waals surface area (Å²) in [4.78, 5) is 11.7. The zero-order valence-electron chi connectivity index (χ0n) is 11.2. The first-order valence-corrected chi connectivity index (χ1v) is 6.61. The number of hydrogen-bond acceptors (Lipinski definition) is 3. The average Bonchev–Trinajstić information content (AvgIpc) is 2.54. The summed E-state index contributed by atoms with van der Waals surface area (Å²) in [7, 11) is 0. The van der Waals surface area contributed by atoms with Gasteiger partial charge < -0.3 is 15.0 Å². The minimum atomic E-state index is -2.18.